The monoisotopic (exact) mass is 265 g/mol. The van der Waals surface area contributed by atoms with Gasteiger partial charge in [-0.2, -0.15) is 0 Å². The summed E-state index contributed by atoms with van der Waals surface area (Å²) in [7, 11) is 0. The van der Waals surface area contributed by atoms with Gasteiger partial charge in [-0.1, -0.05) is 0 Å². The standard InChI is InChI=1S/C15H27N3O/c1-12-10-13(11-18(12)14-4-5-14)16-7-6-15(19)17-8-2-3-9-17/h12-14,16H,2-11H2,1H3. The van der Waals surface area contributed by atoms with Crippen molar-refractivity contribution in [2.75, 3.05) is 26.2 Å². The van der Waals surface area contributed by atoms with E-state index in [2.05, 4.69) is 17.1 Å². The lowest BCUT2D eigenvalue weighted by Gasteiger charge is -2.20. The molecule has 4 heteroatoms. The first-order chi connectivity index (χ1) is 9.24. The lowest BCUT2D eigenvalue weighted by atomic mass is 10.2. The molecule has 0 aromatic carbocycles. The Balaban J connectivity index is 1.35. The molecule has 2 atom stereocenters. The molecule has 0 aromatic rings. The van der Waals surface area contributed by atoms with Gasteiger partial charge in [0.05, 0.1) is 0 Å². The summed E-state index contributed by atoms with van der Waals surface area (Å²) in [5.74, 6) is 0.343. The molecule has 0 bridgehead atoms. The van der Waals surface area contributed by atoms with Crippen LogP contribution in [0.1, 0.15) is 45.4 Å². The lowest BCUT2D eigenvalue weighted by molar-refractivity contribution is -0.130. The molecule has 3 fully saturated rings. The van der Waals surface area contributed by atoms with E-state index in [0.29, 0.717) is 18.4 Å². The summed E-state index contributed by atoms with van der Waals surface area (Å²) in [5, 5.41) is 3.59. The number of carbonyl (C=O) groups excluding carboxylic acids is 1. The quantitative estimate of drug-likeness (QED) is 0.812. The Bertz CT molecular complexity index is 323. The number of carbonyl (C=O) groups is 1. The first-order valence-electron chi connectivity index (χ1n) is 8.01. The number of hydrogen-bond acceptors (Lipinski definition) is 3. The van der Waals surface area contributed by atoms with Crippen molar-refractivity contribution in [3.63, 3.8) is 0 Å². The number of rotatable bonds is 5. The van der Waals surface area contributed by atoms with Gasteiger partial charge in [0.15, 0.2) is 0 Å². The van der Waals surface area contributed by atoms with Crippen LogP contribution >= 0.6 is 0 Å². The second-order valence-corrected chi connectivity index (χ2v) is 6.50. The van der Waals surface area contributed by atoms with Crippen LogP contribution in [0.4, 0.5) is 0 Å². The van der Waals surface area contributed by atoms with E-state index in [1.807, 2.05) is 4.90 Å². The summed E-state index contributed by atoms with van der Waals surface area (Å²) >= 11 is 0. The van der Waals surface area contributed by atoms with Gasteiger partial charge in [0.1, 0.15) is 0 Å². The first-order valence-corrected chi connectivity index (χ1v) is 8.01. The maximum Gasteiger partial charge on any atom is 0.223 e. The highest BCUT2D eigenvalue weighted by atomic mass is 16.2. The van der Waals surface area contributed by atoms with E-state index < -0.39 is 0 Å². The Morgan fingerprint density at radius 2 is 2.00 bits per heavy atom. The highest BCUT2D eigenvalue weighted by Crippen LogP contribution is 2.33. The zero-order valence-electron chi connectivity index (χ0n) is 12.1. The van der Waals surface area contributed by atoms with E-state index in [9.17, 15) is 4.79 Å². The van der Waals surface area contributed by atoms with Gasteiger partial charge in [-0.3, -0.25) is 9.69 Å². The molecular weight excluding hydrogens is 238 g/mol. The topological polar surface area (TPSA) is 35.6 Å². The maximum absolute atomic E-state index is 11.9. The first kappa shape index (κ1) is 13.4. The van der Waals surface area contributed by atoms with Crippen LogP contribution in [-0.2, 0) is 4.79 Å². The van der Waals surface area contributed by atoms with E-state index in [0.717, 1.165) is 31.7 Å². The number of nitrogens with zero attached hydrogens (tertiary/aromatic N) is 2. The van der Waals surface area contributed by atoms with Gasteiger partial charge in [0, 0.05) is 50.7 Å². The molecule has 2 aliphatic heterocycles. The van der Waals surface area contributed by atoms with Crippen LogP contribution in [0, 0.1) is 0 Å². The summed E-state index contributed by atoms with van der Waals surface area (Å²) in [6.45, 7) is 6.34. The van der Waals surface area contributed by atoms with Crippen LogP contribution in [-0.4, -0.2) is 60.0 Å². The van der Waals surface area contributed by atoms with Gasteiger partial charge < -0.3 is 10.2 Å². The molecule has 2 heterocycles. The smallest absolute Gasteiger partial charge is 0.223 e. The van der Waals surface area contributed by atoms with Crippen molar-refractivity contribution in [3.8, 4) is 0 Å². The summed E-state index contributed by atoms with van der Waals surface area (Å²) in [6, 6.07) is 2.19. The second-order valence-electron chi connectivity index (χ2n) is 6.50. The molecule has 2 unspecified atom stereocenters. The van der Waals surface area contributed by atoms with Gasteiger partial charge in [0.25, 0.3) is 0 Å². The van der Waals surface area contributed by atoms with Crippen molar-refractivity contribution in [2.24, 2.45) is 0 Å². The highest BCUT2D eigenvalue weighted by Gasteiger charge is 2.38. The molecule has 1 aliphatic carbocycles. The van der Waals surface area contributed by atoms with Crippen molar-refractivity contribution < 1.29 is 4.79 Å². The van der Waals surface area contributed by atoms with E-state index >= 15 is 0 Å². The van der Waals surface area contributed by atoms with Crippen LogP contribution in [0.5, 0.6) is 0 Å². The fourth-order valence-corrected chi connectivity index (χ4v) is 3.63. The maximum atomic E-state index is 11.9. The van der Waals surface area contributed by atoms with E-state index in [-0.39, 0.29) is 0 Å². The van der Waals surface area contributed by atoms with Crippen molar-refractivity contribution in [1.82, 2.24) is 15.1 Å². The van der Waals surface area contributed by atoms with Crippen molar-refractivity contribution in [3.05, 3.63) is 0 Å². The summed E-state index contributed by atoms with van der Waals surface area (Å²) < 4.78 is 0. The number of likely N-dealkylation sites (tertiary alicyclic amines) is 2. The summed E-state index contributed by atoms with van der Waals surface area (Å²) in [4.78, 5) is 16.6. The summed E-state index contributed by atoms with van der Waals surface area (Å²) in [6.07, 6.45) is 7.09. The highest BCUT2D eigenvalue weighted by molar-refractivity contribution is 5.76. The predicted molar refractivity (Wildman–Crippen MR) is 76.0 cm³/mol. The molecule has 1 amide bonds. The zero-order chi connectivity index (χ0) is 13.2. The van der Waals surface area contributed by atoms with Gasteiger partial charge in [-0.15, -0.1) is 0 Å². The third-order valence-electron chi connectivity index (χ3n) is 4.87. The average Bonchev–Trinajstić information content (AvgIpc) is 2.95. The van der Waals surface area contributed by atoms with Crippen LogP contribution in [0.3, 0.4) is 0 Å². The van der Waals surface area contributed by atoms with Gasteiger partial charge in [-0.05, 0) is 39.0 Å². The predicted octanol–water partition coefficient (Wildman–Crippen LogP) is 1.21. The average molecular weight is 265 g/mol. The molecule has 0 spiro atoms. The van der Waals surface area contributed by atoms with Gasteiger partial charge in [0.2, 0.25) is 5.91 Å². The minimum Gasteiger partial charge on any atom is -0.343 e. The molecule has 108 valence electrons. The fraction of sp³-hybridized carbons (Fsp3) is 0.933. The van der Waals surface area contributed by atoms with Crippen LogP contribution in [0.25, 0.3) is 0 Å². The zero-order valence-corrected chi connectivity index (χ0v) is 12.1. The SMILES string of the molecule is CC1CC(NCCC(=O)N2CCCC2)CN1C1CC1. The number of nitrogens with one attached hydrogen (secondary N) is 1. The lowest BCUT2D eigenvalue weighted by Crippen LogP contribution is -2.37. The molecule has 3 rings (SSSR count). The van der Waals surface area contributed by atoms with E-state index in [1.165, 1.54) is 38.6 Å². The Kier molecular flexibility index (Phi) is 4.08. The molecule has 4 nitrogen and oxygen atoms in total. The summed E-state index contributed by atoms with van der Waals surface area (Å²) in [5.41, 5.74) is 0. The van der Waals surface area contributed by atoms with Gasteiger partial charge in [-0.25, -0.2) is 0 Å². The second kappa shape index (κ2) is 5.80. The third kappa shape index (κ3) is 3.29. The van der Waals surface area contributed by atoms with Crippen molar-refractivity contribution >= 4 is 5.91 Å². The van der Waals surface area contributed by atoms with Crippen LogP contribution in [0.15, 0.2) is 0 Å². The minimum atomic E-state index is 0.343. The third-order valence-corrected chi connectivity index (χ3v) is 4.87. The van der Waals surface area contributed by atoms with Crippen LogP contribution in [0.2, 0.25) is 0 Å². The Hall–Kier alpha value is -0.610. The fourth-order valence-electron chi connectivity index (χ4n) is 3.63. The molecular formula is C15H27N3O. The Labute approximate surface area is 116 Å². The molecule has 3 aliphatic rings. The van der Waals surface area contributed by atoms with Crippen molar-refractivity contribution in [2.45, 2.75) is 63.6 Å². The minimum absolute atomic E-state index is 0.343. The van der Waals surface area contributed by atoms with Crippen LogP contribution < -0.4 is 5.32 Å². The van der Waals surface area contributed by atoms with E-state index in [4.69, 9.17) is 0 Å². The largest absolute Gasteiger partial charge is 0.343 e. The van der Waals surface area contributed by atoms with Gasteiger partial charge >= 0.3 is 0 Å². The molecule has 1 saturated carbocycles. The molecule has 0 radical (unpaired) electrons. The van der Waals surface area contributed by atoms with Crippen molar-refractivity contribution in [1.29, 1.82) is 0 Å². The number of amides is 1. The molecule has 1 N–H and O–H groups in total. The normalized spacial score (nSPS) is 32.2. The van der Waals surface area contributed by atoms with E-state index in [1.54, 1.807) is 0 Å². The molecule has 2 saturated heterocycles. The number of hydrogen-bond donors (Lipinski definition) is 1. The molecule has 0 aromatic heterocycles. The Morgan fingerprint density at radius 1 is 1.26 bits per heavy atom. The molecule has 19 heavy (non-hydrogen) atoms. The Morgan fingerprint density at radius 3 is 2.68 bits per heavy atom.